The summed E-state index contributed by atoms with van der Waals surface area (Å²) in [6.07, 6.45) is 5.43. The number of nitrogens with one attached hydrogen (secondary N) is 2. The quantitative estimate of drug-likeness (QED) is 0.358. The Morgan fingerprint density at radius 1 is 1.05 bits per heavy atom. The van der Waals surface area contributed by atoms with E-state index < -0.39 is 0 Å². The molecule has 1 fully saturated rings. The van der Waals surface area contributed by atoms with Crippen molar-refractivity contribution in [2.75, 3.05) is 37.8 Å². The van der Waals surface area contributed by atoms with E-state index in [1.54, 1.807) is 54.5 Å². The van der Waals surface area contributed by atoms with Crippen LogP contribution < -0.4 is 20.9 Å². The summed E-state index contributed by atoms with van der Waals surface area (Å²) >= 11 is 0. The van der Waals surface area contributed by atoms with Crippen molar-refractivity contribution in [1.29, 1.82) is 0 Å². The van der Waals surface area contributed by atoms with E-state index in [2.05, 4.69) is 30.5 Å². The van der Waals surface area contributed by atoms with Gasteiger partial charge in [-0.3, -0.25) is 19.7 Å². The van der Waals surface area contributed by atoms with Gasteiger partial charge < -0.3 is 19.9 Å². The number of likely N-dealkylation sites (tertiary alicyclic amines) is 1. The number of hydrogen-bond acceptors (Lipinski definition) is 8. The molecular formula is C28H29FN8O3. The highest BCUT2D eigenvalue weighted by Crippen LogP contribution is 2.25. The third-order valence-corrected chi connectivity index (χ3v) is 6.66. The number of halogens is 1. The zero-order valence-electron chi connectivity index (χ0n) is 22.3. The molecule has 5 rings (SSSR count). The van der Waals surface area contributed by atoms with Gasteiger partial charge in [0, 0.05) is 50.3 Å². The highest BCUT2D eigenvalue weighted by Gasteiger charge is 2.27. The fourth-order valence-corrected chi connectivity index (χ4v) is 4.31. The number of aromatic nitrogens is 4. The molecule has 0 saturated carbocycles. The molecule has 0 aliphatic carbocycles. The van der Waals surface area contributed by atoms with Gasteiger partial charge in [-0.05, 0) is 63.0 Å². The highest BCUT2D eigenvalue weighted by molar-refractivity contribution is 5.88. The van der Waals surface area contributed by atoms with Crippen molar-refractivity contribution in [2.24, 2.45) is 7.05 Å². The lowest BCUT2D eigenvalue weighted by molar-refractivity contribution is 0.216. The normalized spacial score (nSPS) is 14.8. The third kappa shape index (κ3) is 6.07. The Bertz CT molecular complexity index is 1560. The summed E-state index contributed by atoms with van der Waals surface area (Å²) in [7, 11) is 5.61. The standard InChI is InChI=1S/C28H29FN8O3/c1-35(2)20-11-13-37(17-20)28(39)34-25-14-21(10-12-30-25)40-22-8-9-24(31-15-22)23-16-32-27(36(3)26(23)38)33-19-6-4-18(29)5-7-19/h4-10,12,14-16,20H,11,13,17H2,1-3H3,(H,32,33)(H,30,34,39)/t20-/m1/s1. The number of carbonyl (C=O) groups excluding carboxylic acids is 1. The average Bonchev–Trinajstić information content (AvgIpc) is 3.45. The van der Waals surface area contributed by atoms with Gasteiger partial charge in [-0.1, -0.05) is 0 Å². The minimum absolute atomic E-state index is 0.200. The fourth-order valence-electron chi connectivity index (χ4n) is 4.31. The Kier molecular flexibility index (Phi) is 7.69. The minimum Gasteiger partial charge on any atom is -0.456 e. The van der Waals surface area contributed by atoms with E-state index in [0.717, 1.165) is 6.42 Å². The number of likely N-dealkylation sites (N-methyl/N-ethyl adjacent to an activating group) is 1. The second-order valence-electron chi connectivity index (χ2n) is 9.63. The van der Waals surface area contributed by atoms with Crippen LogP contribution in [0.25, 0.3) is 11.3 Å². The van der Waals surface area contributed by atoms with E-state index in [1.807, 2.05) is 14.1 Å². The maximum atomic E-state index is 13.2. The van der Waals surface area contributed by atoms with Crippen LogP contribution in [0.5, 0.6) is 11.5 Å². The lowest BCUT2D eigenvalue weighted by Crippen LogP contribution is -2.36. The summed E-state index contributed by atoms with van der Waals surface area (Å²) in [6.45, 7) is 1.36. The molecule has 40 heavy (non-hydrogen) atoms. The van der Waals surface area contributed by atoms with Gasteiger partial charge in [-0.15, -0.1) is 0 Å². The zero-order valence-corrected chi connectivity index (χ0v) is 22.3. The van der Waals surface area contributed by atoms with Crippen molar-refractivity contribution in [2.45, 2.75) is 12.5 Å². The molecule has 11 nitrogen and oxygen atoms in total. The van der Waals surface area contributed by atoms with Gasteiger partial charge in [0.25, 0.3) is 5.56 Å². The molecule has 0 bridgehead atoms. The number of rotatable bonds is 7. The molecule has 1 atom stereocenters. The largest absolute Gasteiger partial charge is 0.456 e. The number of pyridine rings is 2. The van der Waals surface area contributed by atoms with Crippen molar-refractivity contribution in [3.8, 4) is 22.8 Å². The number of amides is 2. The molecule has 1 saturated heterocycles. The minimum atomic E-state index is -0.353. The number of urea groups is 1. The monoisotopic (exact) mass is 544 g/mol. The van der Waals surface area contributed by atoms with Crippen LogP contribution >= 0.6 is 0 Å². The summed E-state index contributed by atoms with van der Waals surface area (Å²) in [5.41, 5.74) is 1.04. The number of anilines is 3. The SMILES string of the molecule is CN(C)[C@@H]1CCN(C(=O)Nc2cc(Oc3ccc(-c4cnc(Nc5ccc(F)cc5)n(C)c4=O)nc3)ccn2)C1. The van der Waals surface area contributed by atoms with Crippen LogP contribution in [-0.4, -0.2) is 68.6 Å². The predicted molar refractivity (Wildman–Crippen MR) is 149 cm³/mol. The molecule has 4 aromatic rings. The van der Waals surface area contributed by atoms with Crippen molar-refractivity contribution < 1.29 is 13.9 Å². The van der Waals surface area contributed by atoms with Crippen LogP contribution in [0, 0.1) is 5.82 Å². The van der Waals surface area contributed by atoms with Crippen LogP contribution in [-0.2, 0) is 7.05 Å². The molecule has 0 spiro atoms. The van der Waals surface area contributed by atoms with Gasteiger partial charge in [-0.2, -0.15) is 0 Å². The molecule has 2 amide bonds. The molecule has 0 radical (unpaired) electrons. The smallest absolute Gasteiger partial charge is 0.323 e. The first kappa shape index (κ1) is 26.8. The molecule has 12 heteroatoms. The van der Waals surface area contributed by atoms with Crippen LogP contribution in [0.3, 0.4) is 0 Å². The van der Waals surface area contributed by atoms with Gasteiger partial charge in [0.05, 0.1) is 17.5 Å². The van der Waals surface area contributed by atoms with Crippen LogP contribution in [0.15, 0.2) is 71.9 Å². The lowest BCUT2D eigenvalue weighted by Gasteiger charge is -2.20. The first-order chi connectivity index (χ1) is 19.3. The first-order valence-corrected chi connectivity index (χ1v) is 12.7. The molecule has 1 aromatic carbocycles. The average molecular weight is 545 g/mol. The van der Waals surface area contributed by atoms with Crippen molar-refractivity contribution in [3.63, 3.8) is 0 Å². The number of ether oxygens (including phenoxy) is 1. The summed E-state index contributed by atoms with van der Waals surface area (Å²) in [4.78, 5) is 42.5. The second kappa shape index (κ2) is 11.5. The second-order valence-corrected chi connectivity index (χ2v) is 9.63. The number of hydrogen-bond donors (Lipinski definition) is 2. The summed E-state index contributed by atoms with van der Waals surface area (Å²) in [5, 5.41) is 5.83. The lowest BCUT2D eigenvalue weighted by atomic mass is 10.2. The van der Waals surface area contributed by atoms with Gasteiger partial charge in [-0.25, -0.2) is 19.2 Å². The van der Waals surface area contributed by atoms with Crippen molar-refractivity contribution in [3.05, 3.63) is 83.3 Å². The van der Waals surface area contributed by atoms with Gasteiger partial charge in [0.1, 0.15) is 23.1 Å². The van der Waals surface area contributed by atoms with E-state index in [0.29, 0.717) is 59.3 Å². The first-order valence-electron chi connectivity index (χ1n) is 12.7. The molecule has 1 aliphatic rings. The molecule has 3 aromatic heterocycles. The van der Waals surface area contributed by atoms with Crippen molar-refractivity contribution >= 4 is 23.5 Å². The molecule has 0 unspecified atom stereocenters. The topological polar surface area (TPSA) is 118 Å². The van der Waals surface area contributed by atoms with Crippen LogP contribution in [0.2, 0.25) is 0 Å². The predicted octanol–water partition coefficient (Wildman–Crippen LogP) is 4.08. The Morgan fingerprint density at radius 2 is 1.85 bits per heavy atom. The molecular weight excluding hydrogens is 515 g/mol. The van der Waals surface area contributed by atoms with Gasteiger partial charge >= 0.3 is 6.03 Å². The van der Waals surface area contributed by atoms with E-state index in [1.165, 1.54) is 29.1 Å². The molecule has 1 aliphatic heterocycles. The Hall–Kier alpha value is -4.84. The summed E-state index contributed by atoms with van der Waals surface area (Å²) in [5.74, 6) is 1.25. The zero-order chi connectivity index (χ0) is 28.2. The van der Waals surface area contributed by atoms with Crippen LogP contribution in [0.1, 0.15) is 6.42 Å². The number of benzene rings is 1. The molecule has 2 N–H and O–H groups in total. The van der Waals surface area contributed by atoms with E-state index in [9.17, 15) is 14.0 Å². The maximum absolute atomic E-state index is 13.2. The Balaban J connectivity index is 1.24. The summed E-state index contributed by atoms with van der Waals surface area (Å²) < 4.78 is 20.4. The molecule has 206 valence electrons. The van der Waals surface area contributed by atoms with Gasteiger partial charge in [0.15, 0.2) is 0 Å². The summed E-state index contributed by atoms with van der Waals surface area (Å²) in [6, 6.07) is 12.6. The molecule has 4 heterocycles. The van der Waals surface area contributed by atoms with E-state index >= 15 is 0 Å². The number of nitrogens with zero attached hydrogens (tertiary/aromatic N) is 6. The third-order valence-electron chi connectivity index (χ3n) is 6.66. The van der Waals surface area contributed by atoms with E-state index in [4.69, 9.17) is 4.74 Å². The van der Waals surface area contributed by atoms with Gasteiger partial charge in [0.2, 0.25) is 5.95 Å². The number of carbonyl (C=O) groups is 1. The van der Waals surface area contributed by atoms with Crippen molar-refractivity contribution in [1.82, 2.24) is 29.3 Å². The highest BCUT2D eigenvalue weighted by atomic mass is 19.1. The fraction of sp³-hybridized carbons (Fsp3) is 0.250. The Labute approximate surface area is 230 Å². The Morgan fingerprint density at radius 3 is 2.55 bits per heavy atom. The van der Waals surface area contributed by atoms with Crippen LogP contribution in [0.4, 0.5) is 26.6 Å². The van der Waals surface area contributed by atoms with E-state index in [-0.39, 0.29) is 17.4 Å². The maximum Gasteiger partial charge on any atom is 0.323 e.